The summed E-state index contributed by atoms with van der Waals surface area (Å²) in [4.78, 5) is 0. The molecule has 0 rings (SSSR count). The largest absolute Gasteiger partial charge is 3.00 e. The number of halogens is 5. The molecule has 0 bridgehead atoms. The van der Waals surface area contributed by atoms with E-state index in [9.17, 15) is 0 Å². The molecule has 0 aliphatic heterocycles. The summed E-state index contributed by atoms with van der Waals surface area (Å²) in [5.74, 6) is 0. The van der Waals surface area contributed by atoms with Crippen LogP contribution in [0.25, 0.3) is 0 Å². The molecule has 7 heavy (non-hydrogen) atoms. The van der Waals surface area contributed by atoms with E-state index in [1.165, 1.54) is 0 Å². The average molecular weight is 364 g/mol. The minimum Gasteiger partial charge on any atom is -1.00 e. The van der Waals surface area contributed by atoms with E-state index in [-0.39, 0.29) is 116 Å². The van der Waals surface area contributed by atoms with Crippen LogP contribution >= 0.6 is 0 Å². The average Bonchev–Trinajstić information content (AvgIpc) is 0. The van der Waals surface area contributed by atoms with E-state index in [4.69, 9.17) is 0 Å². The first-order chi connectivity index (χ1) is 0. The zero-order chi connectivity index (χ0) is 0. The van der Waals surface area contributed by atoms with Crippen molar-refractivity contribution in [1.82, 2.24) is 0 Å². The van der Waals surface area contributed by atoms with Gasteiger partial charge in [-0.15, -0.1) is 0 Å². The standard InChI is InChI=1S/5ClH.H4S.Sm/h5*1H;1H4;/q;;;;;+2;+3/p-5. The van der Waals surface area contributed by atoms with Crippen LogP contribution < -0.4 is 62.0 Å². The predicted molar refractivity (Wildman–Crippen MR) is 12.9 cm³/mol. The summed E-state index contributed by atoms with van der Waals surface area (Å²) in [5, 5.41) is 0. The Morgan fingerprint density at radius 3 is 0.429 bits per heavy atom. The molecular formula is H4Cl5SSm. The molecule has 0 amide bonds. The van der Waals surface area contributed by atoms with Gasteiger partial charge in [0.05, 0.1) is 0 Å². The first-order valence-corrected chi connectivity index (χ1v) is 0. The predicted octanol–water partition coefficient (Wildman–Crippen LogP) is -16.1. The molecule has 0 aromatic carbocycles. The van der Waals surface area contributed by atoms with Crippen LogP contribution in [0, 0.1) is 40.4 Å². The Labute approximate surface area is 114 Å². The zero-order valence-corrected chi connectivity index (χ0v) is 10.8. The Hall–Kier alpha value is 3.14. The van der Waals surface area contributed by atoms with Crippen molar-refractivity contribution < 1.29 is 102 Å². The van der Waals surface area contributed by atoms with Crippen LogP contribution in [0.1, 0.15) is 0 Å². The number of rotatable bonds is 0. The van der Waals surface area contributed by atoms with Crippen molar-refractivity contribution in [2.45, 2.75) is 0 Å². The molecule has 0 aromatic heterocycles. The minimum absolute atomic E-state index is 0. The van der Waals surface area contributed by atoms with Crippen molar-refractivity contribution in [2.75, 3.05) is 0 Å². The Morgan fingerprint density at radius 1 is 0.429 bits per heavy atom. The second-order valence-corrected chi connectivity index (χ2v) is 0. The van der Waals surface area contributed by atoms with Crippen LogP contribution in [0.2, 0.25) is 0 Å². The van der Waals surface area contributed by atoms with Gasteiger partial charge in [0, 0.05) is 0 Å². The Balaban J connectivity index is 0. The van der Waals surface area contributed by atoms with Crippen LogP contribution in [0.3, 0.4) is 0 Å². The van der Waals surface area contributed by atoms with Gasteiger partial charge in [-0.2, -0.15) is 0 Å². The van der Waals surface area contributed by atoms with Gasteiger partial charge in [-0.25, -0.2) is 13.5 Å². The second kappa shape index (κ2) is 61.5. The van der Waals surface area contributed by atoms with E-state index in [0.717, 1.165) is 0 Å². The van der Waals surface area contributed by atoms with Gasteiger partial charge in [-0.3, -0.25) is 0 Å². The van der Waals surface area contributed by atoms with Crippen LogP contribution in [-0.4, -0.2) is 0 Å². The third-order valence-electron chi connectivity index (χ3n) is 0. The molecule has 0 spiro atoms. The monoisotopic (exact) mass is 363 g/mol. The van der Waals surface area contributed by atoms with E-state index >= 15 is 0 Å². The maximum atomic E-state index is 0. The fourth-order valence-electron chi connectivity index (χ4n) is 0. The van der Waals surface area contributed by atoms with Gasteiger partial charge in [0.1, 0.15) is 0 Å². The molecule has 0 aliphatic rings. The topological polar surface area (TPSA) is 0 Å². The Morgan fingerprint density at radius 2 is 0.429 bits per heavy atom. The van der Waals surface area contributed by atoms with Crippen molar-refractivity contribution in [3.8, 4) is 0 Å². The summed E-state index contributed by atoms with van der Waals surface area (Å²) >= 11 is 0. The summed E-state index contributed by atoms with van der Waals surface area (Å²) < 4.78 is 0. The van der Waals surface area contributed by atoms with Crippen LogP contribution in [0.5, 0.6) is 0 Å². The molecule has 51 valence electrons. The molecule has 0 saturated carbocycles. The first kappa shape index (κ1) is 86.0. The Kier molecular flexibility index (Phi) is 755. The van der Waals surface area contributed by atoms with Gasteiger partial charge in [0.2, 0.25) is 0 Å². The van der Waals surface area contributed by atoms with E-state index in [0.29, 0.717) is 0 Å². The molecule has 0 N–H and O–H groups in total. The Bertz CT molecular complexity index is 8.04. The summed E-state index contributed by atoms with van der Waals surface area (Å²) in [6, 6.07) is 0. The smallest absolute Gasteiger partial charge is 1.00 e. The molecule has 0 fully saturated rings. The summed E-state index contributed by atoms with van der Waals surface area (Å²) in [6.45, 7) is 0. The molecule has 0 atom stereocenters. The normalized spacial score (nSPS) is 0. The van der Waals surface area contributed by atoms with Gasteiger partial charge in [-0.1, -0.05) is 0 Å². The zero-order valence-electron chi connectivity index (χ0n) is 3.01. The van der Waals surface area contributed by atoms with Crippen molar-refractivity contribution >= 4 is 13.5 Å². The second-order valence-electron chi connectivity index (χ2n) is 0. The third kappa shape index (κ3) is 47.3. The fraction of sp³-hybridized carbons (Fsp3) is 0. The van der Waals surface area contributed by atoms with E-state index in [1.54, 1.807) is 0 Å². The number of hydrogen-bond acceptors (Lipinski definition) is 0. The third-order valence-corrected chi connectivity index (χ3v) is 0. The van der Waals surface area contributed by atoms with E-state index < -0.39 is 0 Å². The van der Waals surface area contributed by atoms with Crippen LogP contribution in [0.4, 0.5) is 0 Å². The molecule has 0 aliphatic carbocycles. The quantitative estimate of drug-likeness (QED) is 0.401. The SMILES string of the molecule is [Cl-].[Cl-].[Cl-].[Cl-].[Cl-].[SH4+2].[Sm+3]. The van der Waals surface area contributed by atoms with E-state index in [2.05, 4.69) is 0 Å². The van der Waals surface area contributed by atoms with Crippen molar-refractivity contribution in [3.63, 3.8) is 0 Å². The van der Waals surface area contributed by atoms with Crippen molar-refractivity contribution in [1.29, 1.82) is 0 Å². The summed E-state index contributed by atoms with van der Waals surface area (Å²) in [6.07, 6.45) is 0. The summed E-state index contributed by atoms with van der Waals surface area (Å²) in [7, 11) is 0. The summed E-state index contributed by atoms with van der Waals surface area (Å²) in [5.41, 5.74) is 0. The van der Waals surface area contributed by atoms with Crippen LogP contribution in [0.15, 0.2) is 0 Å². The molecule has 0 unspecified atom stereocenters. The van der Waals surface area contributed by atoms with Crippen LogP contribution in [-0.2, 0) is 13.5 Å². The van der Waals surface area contributed by atoms with Gasteiger partial charge in [0.25, 0.3) is 0 Å². The van der Waals surface area contributed by atoms with Gasteiger partial charge >= 0.3 is 40.4 Å². The van der Waals surface area contributed by atoms with Gasteiger partial charge in [-0.05, 0) is 0 Å². The molecule has 0 nitrogen and oxygen atoms in total. The minimum atomic E-state index is 0. The number of hydrogen-bond donors (Lipinski definition) is 0. The maximum absolute atomic E-state index is 0. The van der Waals surface area contributed by atoms with Gasteiger partial charge in [0.15, 0.2) is 0 Å². The van der Waals surface area contributed by atoms with Gasteiger partial charge < -0.3 is 62.0 Å². The first-order valence-electron chi connectivity index (χ1n) is 0. The van der Waals surface area contributed by atoms with E-state index in [1.807, 2.05) is 0 Å². The van der Waals surface area contributed by atoms with Crippen molar-refractivity contribution in [3.05, 3.63) is 0 Å². The molecule has 1 radical (unpaired) electrons. The molecule has 0 saturated heterocycles. The van der Waals surface area contributed by atoms with Crippen molar-refractivity contribution in [2.24, 2.45) is 0 Å². The molecule has 7 heteroatoms. The molecule has 0 heterocycles. The maximum Gasteiger partial charge on any atom is 3.00 e. The molecule has 0 aromatic rings. The fourth-order valence-corrected chi connectivity index (χ4v) is 0. The molecular weight excluding hydrogens is 360 g/mol.